The van der Waals surface area contributed by atoms with Crippen molar-refractivity contribution in [2.75, 3.05) is 25.1 Å². The highest BCUT2D eigenvalue weighted by Crippen LogP contribution is 2.24. The molecule has 2 aromatic rings. The van der Waals surface area contributed by atoms with Crippen molar-refractivity contribution >= 4 is 17.0 Å². The van der Waals surface area contributed by atoms with Gasteiger partial charge in [0.25, 0.3) is 0 Å². The van der Waals surface area contributed by atoms with Crippen LogP contribution in [-0.2, 0) is 4.74 Å². The third kappa shape index (κ3) is 3.38. The molecule has 1 aliphatic rings. The predicted molar refractivity (Wildman–Crippen MR) is 84.3 cm³/mol. The Morgan fingerprint density at radius 1 is 1.45 bits per heavy atom. The van der Waals surface area contributed by atoms with Crippen LogP contribution in [0.3, 0.4) is 0 Å². The maximum atomic E-state index is 5.52. The quantitative estimate of drug-likeness (QED) is 0.924. The van der Waals surface area contributed by atoms with E-state index in [0.717, 1.165) is 30.5 Å². The van der Waals surface area contributed by atoms with Gasteiger partial charge in [-0.25, -0.2) is 4.98 Å². The van der Waals surface area contributed by atoms with Crippen LogP contribution in [0.5, 0.6) is 0 Å². The number of aromatic nitrogens is 1. The molecule has 1 N–H and O–H groups in total. The van der Waals surface area contributed by atoms with Gasteiger partial charge >= 0.3 is 0 Å². The molecule has 3 nitrogen and oxygen atoms in total. The lowest BCUT2D eigenvalue weighted by atomic mass is 10.0. The smallest absolute Gasteiger partial charge is 0.0901 e. The topological polar surface area (TPSA) is 34.2 Å². The summed E-state index contributed by atoms with van der Waals surface area (Å²) in [7, 11) is 0. The molecule has 0 saturated carbocycles. The second kappa shape index (κ2) is 6.37. The van der Waals surface area contributed by atoms with Crippen LogP contribution in [0.2, 0.25) is 0 Å². The summed E-state index contributed by atoms with van der Waals surface area (Å²) in [5.41, 5.74) is 3.41. The Balaban J connectivity index is 1.65. The van der Waals surface area contributed by atoms with Crippen molar-refractivity contribution in [3.8, 4) is 11.3 Å². The molecule has 1 atom stereocenters. The van der Waals surface area contributed by atoms with Crippen LogP contribution in [0.15, 0.2) is 29.6 Å². The fourth-order valence-corrected chi connectivity index (χ4v) is 3.14. The van der Waals surface area contributed by atoms with Gasteiger partial charge in [-0.05, 0) is 37.8 Å². The van der Waals surface area contributed by atoms with Crippen LogP contribution in [0.25, 0.3) is 11.3 Å². The number of anilines is 1. The molecular formula is C16H20N2OS. The van der Waals surface area contributed by atoms with E-state index in [0.29, 0.717) is 5.92 Å². The fourth-order valence-electron chi connectivity index (χ4n) is 2.52. The summed E-state index contributed by atoms with van der Waals surface area (Å²) in [6.45, 7) is 4.84. The monoisotopic (exact) mass is 288 g/mol. The summed E-state index contributed by atoms with van der Waals surface area (Å²) in [4.78, 5) is 4.54. The fraction of sp³-hybridized carbons (Fsp3) is 0.438. The second-order valence-electron chi connectivity index (χ2n) is 5.30. The zero-order valence-corrected chi connectivity index (χ0v) is 12.6. The largest absolute Gasteiger partial charge is 0.385 e. The van der Waals surface area contributed by atoms with Crippen LogP contribution < -0.4 is 5.32 Å². The molecule has 1 unspecified atom stereocenters. The van der Waals surface area contributed by atoms with Gasteiger partial charge in [-0.2, -0.15) is 0 Å². The van der Waals surface area contributed by atoms with E-state index < -0.39 is 0 Å². The minimum Gasteiger partial charge on any atom is -0.385 e. The van der Waals surface area contributed by atoms with Crippen LogP contribution in [-0.4, -0.2) is 24.7 Å². The Kier molecular flexibility index (Phi) is 4.33. The lowest BCUT2D eigenvalue weighted by Gasteiger charge is -2.22. The SMILES string of the molecule is Cc1nc(-c2cccc(NCC3CCCOC3)c2)cs1. The first-order chi connectivity index (χ1) is 9.81. The van der Waals surface area contributed by atoms with Crippen molar-refractivity contribution in [3.05, 3.63) is 34.7 Å². The molecule has 0 amide bonds. The highest BCUT2D eigenvalue weighted by molar-refractivity contribution is 7.09. The zero-order valence-electron chi connectivity index (χ0n) is 11.8. The van der Waals surface area contributed by atoms with Crippen molar-refractivity contribution < 1.29 is 4.74 Å². The summed E-state index contributed by atoms with van der Waals surface area (Å²) in [5.74, 6) is 0.633. The first kappa shape index (κ1) is 13.6. The number of aryl methyl sites for hydroxylation is 1. The van der Waals surface area contributed by atoms with Gasteiger partial charge in [-0.15, -0.1) is 11.3 Å². The van der Waals surface area contributed by atoms with Gasteiger partial charge in [0, 0.05) is 29.8 Å². The Morgan fingerprint density at radius 3 is 3.15 bits per heavy atom. The maximum absolute atomic E-state index is 5.52. The number of hydrogen-bond donors (Lipinski definition) is 1. The summed E-state index contributed by atoms with van der Waals surface area (Å²) in [5, 5.41) is 6.75. The van der Waals surface area contributed by atoms with Gasteiger partial charge in [-0.3, -0.25) is 0 Å². The van der Waals surface area contributed by atoms with Gasteiger partial charge < -0.3 is 10.1 Å². The molecule has 1 saturated heterocycles. The summed E-state index contributed by atoms with van der Waals surface area (Å²) in [6.07, 6.45) is 2.45. The van der Waals surface area contributed by atoms with Crippen molar-refractivity contribution in [1.29, 1.82) is 0 Å². The van der Waals surface area contributed by atoms with Crippen molar-refractivity contribution in [2.24, 2.45) is 5.92 Å². The standard InChI is InChI=1S/C16H20N2OS/c1-12-18-16(11-20-12)14-5-2-6-15(8-14)17-9-13-4-3-7-19-10-13/h2,5-6,8,11,13,17H,3-4,7,9-10H2,1H3. The Bertz CT molecular complexity index is 561. The predicted octanol–water partition coefficient (Wildman–Crippen LogP) is 3.96. The summed E-state index contributed by atoms with van der Waals surface area (Å²) in [6, 6.07) is 8.50. The van der Waals surface area contributed by atoms with Gasteiger partial charge in [-0.1, -0.05) is 12.1 Å². The highest BCUT2D eigenvalue weighted by Gasteiger charge is 2.13. The van der Waals surface area contributed by atoms with Crippen molar-refractivity contribution in [2.45, 2.75) is 19.8 Å². The minimum atomic E-state index is 0.633. The molecular weight excluding hydrogens is 268 g/mol. The zero-order chi connectivity index (χ0) is 13.8. The number of nitrogens with zero attached hydrogens (tertiary/aromatic N) is 1. The normalized spacial score (nSPS) is 18.9. The van der Waals surface area contributed by atoms with E-state index in [2.05, 4.69) is 39.9 Å². The lowest BCUT2D eigenvalue weighted by Crippen LogP contribution is -2.24. The highest BCUT2D eigenvalue weighted by atomic mass is 32.1. The molecule has 1 aromatic carbocycles. The molecule has 0 radical (unpaired) electrons. The number of hydrogen-bond acceptors (Lipinski definition) is 4. The van der Waals surface area contributed by atoms with Crippen LogP contribution in [0.1, 0.15) is 17.8 Å². The third-order valence-corrected chi connectivity index (χ3v) is 4.40. The van der Waals surface area contributed by atoms with E-state index in [4.69, 9.17) is 4.74 Å². The molecule has 4 heteroatoms. The Morgan fingerprint density at radius 2 is 2.40 bits per heavy atom. The maximum Gasteiger partial charge on any atom is 0.0901 e. The Labute approximate surface area is 124 Å². The van der Waals surface area contributed by atoms with Crippen LogP contribution in [0.4, 0.5) is 5.69 Å². The minimum absolute atomic E-state index is 0.633. The molecule has 20 heavy (non-hydrogen) atoms. The average molecular weight is 288 g/mol. The molecule has 1 aromatic heterocycles. The van der Waals surface area contributed by atoms with Gasteiger partial charge in [0.05, 0.1) is 17.3 Å². The Hall–Kier alpha value is -1.39. The van der Waals surface area contributed by atoms with Gasteiger partial charge in [0.15, 0.2) is 0 Å². The lowest BCUT2D eigenvalue weighted by molar-refractivity contribution is 0.0595. The summed E-state index contributed by atoms with van der Waals surface area (Å²) < 4.78 is 5.52. The molecule has 0 bridgehead atoms. The third-order valence-electron chi connectivity index (χ3n) is 3.63. The molecule has 0 aliphatic carbocycles. The van der Waals surface area contributed by atoms with E-state index in [1.54, 1.807) is 11.3 Å². The van der Waals surface area contributed by atoms with E-state index >= 15 is 0 Å². The van der Waals surface area contributed by atoms with E-state index in [-0.39, 0.29) is 0 Å². The number of rotatable bonds is 4. The molecule has 3 rings (SSSR count). The van der Waals surface area contributed by atoms with Gasteiger partial charge in [0.1, 0.15) is 0 Å². The first-order valence-electron chi connectivity index (χ1n) is 7.15. The molecule has 106 valence electrons. The van der Waals surface area contributed by atoms with Gasteiger partial charge in [0.2, 0.25) is 0 Å². The van der Waals surface area contributed by atoms with Crippen LogP contribution >= 0.6 is 11.3 Å². The second-order valence-corrected chi connectivity index (χ2v) is 6.36. The van der Waals surface area contributed by atoms with E-state index in [1.165, 1.54) is 24.1 Å². The molecule has 2 heterocycles. The van der Waals surface area contributed by atoms with Crippen molar-refractivity contribution in [1.82, 2.24) is 4.98 Å². The average Bonchev–Trinajstić information content (AvgIpc) is 2.93. The van der Waals surface area contributed by atoms with Crippen molar-refractivity contribution in [3.63, 3.8) is 0 Å². The first-order valence-corrected chi connectivity index (χ1v) is 8.03. The molecule has 0 spiro atoms. The van der Waals surface area contributed by atoms with E-state index in [9.17, 15) is 0 Å². The number of nitrogens with one attached hydrogen (secondary N) is 1. The summed E-state index contributed by atoms with van der Waals surface area (Å²) >= 11 is 1.69. The van der Waals surface area contributed by atoms with Crippen LogP contribution in [0, 0.1) is 12.8 Å². The number of benzene rings is 1. The van der Waals surface area contributed by atoms with E-state index in [1.807, 2.05) is 6.92 Å². The molecule has 1 fully saturated rings. The number of ether oxygens (including phenoxy) is 1. The number of thiazole rings is 1. The molecule has 1 aliphatic heterocycles.